The van der Waals surface area contributed by atoms with Crippen molar-refractivity contribution in [2.24, 2.45) is 0 Å². The Kier molecular flexibility index (Phi) is 11.5. The summed E-state index contributed by atoms with van der Waals surface area (Å²) in [4.78, 5) is 24.3. The number of rotatable bonds is 14. The number of carbonyl (C=O) groups is 2. The lowest BCUT2D eigenvalue weighted by Gasteiger charge is -2.08. The molecule has 0 spiro atoms. The second-order valence-corrected chi connectivity index (χ2v) is 8.60. The predicted octanol–water partition coefficient (Wildman–Crippen LogP) is 6.85. The number of hydrogen-bond acceptors (Lipinski definition) is 4. The Morgan fingerprint density at radius 2 is 1.50 bits per heavy atom. The highest BCUT2D eigenvalue weighted by Crippen LogP contribution is 2.15. The maximum atomic E-state index is 12.2. The molecule has 0 N–H and O–H groups in total. The van der Waals surface area contributed by atoms with Crippen LogP contribution in [-0.2, 0) is 4.74 Å². The molecule has 0 radical (unpaired) electrons. The molecule has 2 aromatic rings. The summed E-state index contributed by atoms with van der Waals surface area (Å²) in [7, 11) is 0. The molecule has 0 bridgehead atoms. The Morgan fingerprint density at radius 1 is 0.833 bits per heavy atom. The summed E-state index contributed by atoms with van der Waals surface area (Å²) >= 11 is 2.14. The van der Waals surface area contributed by atoms with Crippen LogP contribution >= 0.6 is 22.6 Å². The first-order valence-electron chi connectivity index (χ1n) is 10.8. The largest absolute Gasteiger partial charge is 0.494 e. The van der Waals surface area contributed by atoms with E-state index in [0.717, 1.165) is 15.7 Å². The first-order valence-corrected chi connectivity index (χ1v) is 11.9. The summed E-state index contributed by atoms with van der Waals surface area (Å²) in [6, 6.07) is 14.1. The Hall–Kier alpha value is -1.89. The molecule has 4 nitrogen and oxygen atoms in total. The van der Waals surface area contributed by atoms with Crippen LogP contribution in [-0.4, -0.2) is 25.0 Å². The summed E-state index contributed by atoms with van der Waals surface area (Å²) in [5.74, 6) is 0.0141. The summed E-state index contributed by atoms with van der Waals surface area (Å²) in [5.41, 5.74) is 0.948. The highest BCUT2D eigenvalue weighted by Gasteiger charge is 2.12. The first kappa shape index (κ1) is 24.4. The number of halogens is 1. The van der Waals surface area contributed by atoms with Gasteiger partial charge < -0.3 is 9.47 Å². The summed E-state index contributed by atoms with van der Waals surface area (Å²) in [5, 5.41) is 0. The van der Waals surface area contributed by atoms with Crippen molar-refractivity contribution in [3.8, 4) is 5.75 Å². The Labute approximate surface area is 193 Å². The van der Waals surface area contributed by atoms with Crippen molar-refractivity contribution < 1.29 is 19.1 Å². The van der Waals surface area contributed by atoms with Gasteiger partial charge in [0, 0.05) is 9.13 Å². The molecule has 162 valence electrons. The minimum absolute atomic E-state index is 0.216. The fourth-order valence-corrected chi connectivity index (χ4v) is 3.62. The Balaban J connectivity index is 1.64. The molecule has 0 saturated heterocycles. The van der Waals surface area contributed by atoms with E-state index in [1.54, 1.807) is 36.4 Å². The maximum Gasteiger partial charge on any atom is 0.338 e. The topological polar surface area (TPSA) is 52.6 Å². The summed E-state index contributed by atoms with van der Waals surface area (Å²) in [6.07, 6.45) is 10.1. The molecular formula is C25H31IO4. The minimum Gasteiger partial charge on any atom is -0.494 e. The zero-order valence-corrected chi connectivity index (χ0v) is 19.9. The van der Waals surface area contributed by atoms with Crippen LogP contribution < -0.4 is 4.74 Å². The summed E-state index contributed by atoms with van der Waals surface area (Å²) in [6.45, 7) is 2.65. The highest BCUT2D eigenvalue weighted by atomic mass is 127. The van der Waals surface area contributed by atoms with Crippen molar-refractivity contribution in [3.63, 3.8) is 0 Å². The lowest BCUT2D eigenvalue weighted by molar-refractivity contribution is 0.0474. The van der Waals surface area contributed by atoms with E-state index in [0.29, 0.717) is 17.7 Å². The molecule has 0 atom stereocenters. The molecule has 0 saturated carbocycles. The number of carbonyl (C=O) groups excluding carboxylic acids is 2. The number of Topliss-reactive ketones (excluding diaryl/α,β-unsaturated/α-hetero) is 1. The van der Waals surface area contributed by atoms with Crippen molar-refractivity contribution in [2.75, 3.05) is 13.2 Å². The van der Waals surface area contributed by atoms with Gasteiger partial charge in [0.15, 0.2) is 12.4 Å². The molecule has 0 aliphatic rings. The zero-order valence-electron chi connectivity index (χ0n) is 17.7. The molecule has 0 aliphatic carbocycles. The van der Waals surface area contributed by atoms with Crippen LogP contribution in [0, 0.1) is 3.57 Å². The van der Waals surface area contributed by atoms with Gasteiger partial charge in [0.2, 0.25) is 0 Å². The van der Waals surface area contributed by atoms with Gasteiger partial charge in [-0.25, -0.2) is 4.79 Å². The Morgan fingerprint density at radius 3 is 2.17 bits per heavy atom. The van der Waals surface area contributed by atoms with E-state index >= 15 is 0 Å². The fourth-order valence-electron chi connectivity index (χ4n) is 3.07. The smallest absolute Gasteiger partial charge is 0.338 e. The van der Waals surface area contributed by atoms with Gasteiger partial charge in [-0.3, -0.25) is 4.79 Å². The highest BCUT2D eigenvalue weighted by molar-refractivity contribution is 14.1. The van der Waals surface area contributed by atoms with E-state index in [9.17, 15) is 9.59 Å². The number of ketones is 1. The number of benzene rings is 2. The van der Waals surface area contributed by atoms with Crippen LogP contribution in [0.5, 0.6) is 5.75 Å². The van der Waals surface area contributed by atoms with Gasteiger partial charge in [-0.15, -0.1) is 0 Å². The molecule has 0 unspecified atom stereocenters. The third-order valence-corrected chi connectivity index (χ3v) is 5.51. The number of esters is 1. The third kappa shape index (κ3) is 9.28. The monoisotopic (exact) mass is 522 g/mol. The molecule has 5 heteroatoms. The second kappa shape index (κ2) is 14.2. The van der Waals surface area contributed by atoms with Crippen LogP contribution in [0.4, 0.5) is 0 Å². The molecule has 0 fully saturated rings. The minimum atomic E-state index is -0.511. The van der Waals surface area contributed by atoms with Crippen molar-refractivity contribution >= 4 is 34.3 Å². The van der Waals surface area contributed by atoms with Gasteiger partial charge in [0.1, 0.15) is 5.75 Å². The molecule has 0 aromatic heterocycles. The molecule has 0 heterocycles. The Bertz CT molecular complexity index is 786. The lowest BCUT2D eigenvalue weighted by Crippen LogP contribution is -2.14. The quantitative estimate of drug-likeness (QED) is 0.118. The van der Waals surface area contributed by atoms with Gasteiger partial charge in [-0.2, -0.15) is 0 Å². The summed E-state index contributed by atoms with van der Waals surface area (Å²) < 4.78 is 11.9. The van der Waals surface area contributed by atoms with Gasteiger partial charge in [-0.05, 0) is 65.4 Å². The van der Waals surface area contributed by atoms with Crippen molar-refractivity contribution in [1.29, 1.82) is 0 Å². The van der Waals surface area contributed by atoms with Gasteiger partial charge in [0.05, 0.1) is 12.2 Å². The molecule has 0 aliphatic heterocycles. The molecule has 0 amide bonds. The fraction of sp³-hybridized carbons (Fsp3) is 0.440. The van der Waals surface area contributed by atoms with Crippen molar-refractivity contribution in [1.82, 2.24) is 0 Å². The van der Waals surface area contributed by atoms with E-state index in [2.05, 4.69) is 29.5 Å². The average Bonchev–Trinajstić information content (AvgIpc) is 2.76. The van der Waals surface area contributed by atoms with Crippen LogP contribution in [0.25, 0.3) is 0 Å². The van der Waals surface area contributed by atoms with Crippen LogP contribution in [0.1, 0.15) is 79.0 Å². The molecule has 30 heavy (non-hydrogen) atoms. The maximum absolute atomic E-state index is 12.2. The van der Waals surface area contributed by atoms with E-state index in [1.807, 2.05) is 12.1 Å². The number of ether oxygens (including phenoxy) is 2. The van der Waals surface area contributed by atoms with E-state index in [4.69, 9.17) is 9.47 Å². The third-order valence-electron chi connectivity index (χ3n) is 4.84. The molecule has 2 rings (SSSR count). The van der Waals surface area contributed by atoms with Crippen LogP contribution in [0.15, 0.2) is 48.5 Å². The van der Waals surface area contributed by atoms with Gasteiger partial charge in [-0.1, -0.05) is 64.0 Å². The zero-order chi connectivity index (χ0) is 21.6. The van der Waals surface area contributed by atoms with Crippen molar-refractivity contribution in [3.05, 3.63) is 63.2 Å². The first-order chi connectivity index (χ1) is 14.6. The second-order valence-electron chi connectivity index (χ2n) is 7.36. The average molecular weight is 522 g/mol. The van der Waals surface area contributed by atoms with Crippen molar-refractivity contribution in [2.45, 2.75) is 58.3 Å². The lowest BCUT2D eigenvalue weighted by atomic mass is 10.1. The normalized spacial score (nSPS) is 10.6. The van der Waals surface area contributed by atoms with E-state index in [1.165, 1.54) is 44.9 Å². The SMILES string of the molecule is CCCCCCCCCCOc1ccc(C(=O)OCC(=O)c2cccc(I)c2)cc1. The van der Waals surface area contributed by atoms with Crippen LogP contribution in [0.3, 0.4) is 0 Å². The van der Waals surface area contributed by atoms with Crippen LogP contribution in [0.2, 0.25) is 0 Å². The van der Waals surface area contributed by atoms with Gasteiger partial charge in [0.25, 0.3) is 0 Å². The van der Waals surface area contributed by atoms with Gasteiger partial charge >= 0.3 is 5.97 Å². The van der Waals surface area contributed by atoms with E-state index < -0.39 is 5.97 Å². The molecular weight excluding hydrogens is 491 g/mol. The predicted molar refractivity (Wildman–Crippen MR) is 128 cm³/mol. The van der Waals surface area contributed by atoms with E-state index in [-0.39, 0.29) is 12.4 Å². The number of hydrogen-bond donors (Lipinski definition) is 0. The number of unbranched alkanes of at least 4 members (excludes halogenated alkanes) is 7. The standard InChI is InChI=1S/C25H31IO4/c1-2-3-4-5-6-7-8-9-17-29-23-15-13-20(14-16-23)25(28)30-19-24(27)21-11-10-12-22(26)18-21/h10-16,18H,2-9,17,19H2,1H3. The molecule has 2 aromatic carbocycles.